The molecule has 0 bridgehead atoms. The Bertz CT molecular complexity index is 756. The van der Waals surface area contributed by atoms with E-state index in [1.165, 1.54) is 31.2 Å². The quantitative estimate of drug-likeness (QED) is 0.537. The van der Waals surface area contributed by atoms with Crippen molar-refractivity contribution in [2.75, 3.05) is 0 Å². The fraction of sp³-hybridized carbons (Fsp3) is 0.300. The third kappa shape index (κ3) is 4.07. The molecule has 0 aliphatic rings. The average Bonchev–Trinajstić information content (AvgIpc) is 2.60. The van der Waals surface area contributed by atoms with Gasteiger partial charge in [0.25, 0.3) is 0 Å². The van der Waals surface area contributed by atoms with Crippen LogP contribution in [0.2, 0.25) is 0 Å². The van der Waals surface area contributed by atoms with Crippen LogP contribution in [0.25, 0.3) is 10.9 Å². The number of benzene rings is 1. The number of pyridine rings is 2. The van der Waals surface area contributed by atoms with Crippen molar-refractivity contribution in [2.45, 2.75) is 39.0 Å². The highest BCUT2D eigenvalue weighted by Gasteiger charge is 2.06. The Kier molecular flexibility index (Phi) is 5.20. The molecule has 3 nitrogen and oxygen atoms in total. The van der Waals surface area contributed by atoms with E-state index in [2.05, 4.69) is 35.1 Å². The number of rotatable bonds is 7. The molecule has 1 aromatic carbocycles. The van der Waals surface area contributed by atoms with Gasteiger partial charge in [0.15, 0.2) is 0 Å². The minimum absolute atomic E-state index is 0.744. The van der Waals surface area contributed by atoms with E-state index >= 15 is 0 Å². The summed E-state index contributed by atoms with van der Waals surface area (Å²) in [4.78, 5) is 8.53. The highest BCUT2D eigenvalue weighted by atomic mass is 16.5. The van der Waals surface area contributed by atoms with Gasteiger partial charge in [-0.25, -0.2) is 0 Å². The maximum absolute atomic E-state index is 5.99. The summed E-state index contributed by atoms with van der Waals surface area (Å²) in [5.41, 5.74) is 2.31. The smallest absolute Gasteiger partial charge is 0.145 e. The van der Waals surface area contributed by atoms with Crippen LogP contribution in [0.15, 0.2) is 55.0 Å². The van der Waals surface area contributed by atoms with Crippen LogP contribution < -0.4 is 4.74 Å². The van der Waals surface area contributed by atoms with E-state index in [0.29, 0.717) is 0 Å². The van der Waals surface area contributed by atoms with Gasteiger partial charge in [-0.15, -0.1) is 0 Å². The molecule has 23 heavy (non-hydrogen) atoms. The van der Waals surface area contributed by atoms with Crippen molar-refractivity contribution < 1.29 is 4.74 Å². The second-order valence-corrected chi connectivity index (χ2v) is 5.76. The van der Waals surface area contributed by atoms with Gasteiger partial charge in [0, 0.05) is 17.8 Å². The molecular formula is C20H22N2O. The zero-order chi connectivity index (χ0) is 15.9. The minimum atomic E-state index is 0.744. The van der Waals surface area contributed by atoms with Crippen LogP contribution in [0.5, 0.6) is 11.5 Å². The standard InChI is InChI=1S/C20H22N2O/c1-2-3-4-5-7-16-9-10-19-18(14-16)20(11-13-22-19)23-17-8-6-12-21-15-17/h6,8-15H,2-5,7H2,1H3. The molecule has 2 heterocycles. The van der Waals surface area contributed by atoms with Crippen LogP contribution in [0, 0.1) is 0 Å². The normalized spacial score (nSPS) is 10.8. The number of nitrogens with zero attached hydrogens (tertiary/aromatic N) is 2. The van der Waals surface area contributed by atoms with Crippen LogP contribution in [-0.2, 0) is 6.42 Å². The Morgan fingerprint density at radius 1 is 1.00 bits per heavy atom. The van der Waals surface area contributed by atoms with Gasteiger partial charge in [-0.2, -0.15) is 0 Å². The molecule has 0 saturated heterocycles. The van der Waals surface area contributed by atoms with Crippen LogP contribution in [0.3, 0.4) is 0 Å². The van der Waals surface area contributed by atoms with Crippen molar-refractivity contribution in [1.29, 1.82) is 0 Å². The van der Waals surface area contributed by atoms with E-state index in [1.54, 1.807) is 18.6 Å². The summed E-state index contributed by atoms with van der Waals surface area (Å²) in [7, 11) is 0. The van der Waals surface area contributed by atoms with Gasteiger partial charge < -0.3 is 4.74 Å². The molecule has 0 saturated carbocycles. The van der Waals surface area contributed by atoms with Gasteiger partial charge in [0.2, 0.25) is 0 Å². The molecule has 3 aromatic rings. The van der Waals surface area contributed by atoms with Crippen LogP contribution in [-0.4, -0.2) is 9.97 Å². The molecule has 0 radical (unpaired) electrons. The Morgan fingerprint density at radius 3 is 2.78 bits per heavy atom. The number of hydrogen-bond donors (Lipinski definition) is 0. The molecule has 118 valence electrons. The number of ether oxygens (including phenoxy) is 1. The molecule has 3 rings (SSSR count). The van der Waals surface area contributed by atoms with Crippen molar-refractivity contribution in [2.24, 2.45) is 0 Å². The summed E-state index contributed by atoms with van der Waals surface area (Å²) < 4.78 is 5.99. The predicted octanol–water partition coefficient (Wildman–Crippen LogP) is 5.54. The Morgan fingerprint density at radius 2 is 1.96 bits per heavy atom. The van der Waals surface area contributed by atoms with Gasteiger partial charge in [0.1, 0.15) is 11.5 Å². The minimum Gasteiger partial charge on any atom is -0.455 e. The zero-order valence-corrected chi connectivity index (χ0v) is 13.5. The first-order valence-corrected chi connectivity index (χ1v) is 8.32. The maximum Gasteiger partial charge on any atom is 0.145 e. The molecule has 0 fully saturated rings. The van der Waals surface area contributed by atoms with Crippen LogP contribution >= 0.6 is 0 Å². The fourth-order valence-electron chi connectivity index (χ4n) is 2.70. The number of unbranched alkanes of at least 4 members (excludes halogenated alkanes) is 3. The third-order valence-electron chi connectivity index (χ3n) is 3.95. The molecule has 0 atom stereocenters. The van der Waals surface area contributed by atoms with E-state index in [1.807, 2.05) is 18.2 Å². The Hall–Kier alpha value is -2.42. The molecular weight excluding hydrogens is 284 g/mol. The summed E-state index contributed by atoms with van der Waals surface area (Å²) in [6.07, 6.45) is 11.5. The van der Waals surface area contributed by atoms with Gasteiger partial charge in [-0.3, -0.25) is 9.97 Å². The number of aryl methyl sites for hydroxylation is 1. The molecule has 0 unspecified atom stereocenters. The molecule has 0 spiro atoms. The topological polar surface area (TPSA) is 35.0 Å². The summed E-state index contributed by atoms with van der Waals surface area (Å²) in [5, 5.41) is 1.06. The molecule has 0 aliphatic carbocycles. The second-order valence-electron chi connectivity index (χ2n) is 5.76. The number of aromatic nitrogens is 2. The molecule has 0 amide bonds. The highest BCUT2D eigenvalue weighted by Crippen LogP contribution is 2.29. The first-order valence-electron chi connectivity index (χ1n) is 8.32. The molecule has 0 aliphatic heterocycles. The van der Waals surface area contributed by atoms with Crippen molar-refractivity contribution in [3.63, 3.8) is 0 Å². The van der Waals surface area contributed by atoms with E-state index < -0.39 is 0 Å². The maximum atomic E-state index is 5.99. The average molecular weight is 306 g/mol. The first kappa shape index (κ1) is 15.5. The van der Waals surface area contributed by atoms with Crippen LogP contribution in [0.4, 0.5) is 0 Å². The van der Waals surface area contributed by atoms with Crippen molar-refractivity contribution >= 4 is 10.9 Å². The Labute approximate surface area is 137 Å². The summed E-state index contributed by atoms with van der Waals surface area (Å²) in [6.45, 7) is 2.24. The predicted molar refractivity (Wildman–Crippen MR) is 93.9 cm³/mol. The lowest BCUT2D eigenvalue weighted by molar-refractivity contribution is 0.485. The van der Waals surface area contributed by atoms with Gasteiger partial charge in [-0.05, 0) is 48.7 Å². The number of fused-ring (bicyclic) bond motifs is 1. The lowest BCUT2D eigenvalue weighted by atomic mass is 10.0. The summed E-state index contributed by atoms with van der Waals surface area (Å²) in [6, 6.07) is 12.2. The van der Waals surface area contributed by atoms with Crippen molar-refractivity contribution in [1.82, 2.24) is 9.97 Å². The van der Waals surface area contributed by atoms with Crippen molar-refractivity contribution in [3.8, 4) is 11.5 Å². The highest BCUT2D eigenvalue weighted by molar-refractivity contribution is 5.85. The van der Waals surface area contributed by atoms with E-state index in [-0.39, 0.29) is 0 Å². The zero-order valence-electron chi connectivity index (χ0n) is 13.5. The lowest BCUT2D eigenvalue weighted by Crippen LogP contribution is -1.91. The number of hydrogen-bond acceptors (Lipinski definition) is 3. The Balaban J connectivity index is 1.83. The summed E-state index contributed by atoms with van der Waals surface area (Å²) >= 11 is 0. The monoisotopic (exact) mass is 306 g/mol. The SMILES string of the molecule is CCCCCCc1ccc2nccc(Oc3cccnc3)c2c1. The van der Waals surface area contributed by atoms with Crippen LogP contribution in [0.1, 0.15) is 38.2 Å². The third-order valence-corrected chi connectivity index (χ3v) is 3.95. The summed E-state index contributed by atoms with van der Waals surface area (Å²) in [5.74, 6) is 1.58. The van der Waals surface area contributed by atoms with Gasteiger partial charge in [0.05, 0.1) is 11.7 Å². The lowest BCUT2D eigenvalue weighted by Gasteiger charge is -2.09. The fourth-order valence-corrected chi connectivity index (χ4v) is 2.70. The van der Waals surface area contributed by atoms with Gasteiger partial charge >= 0.3 is 0 Å². The molecule has 0 N–H and O–H groups in total. The first-order chi connectivity index (χ1) is 11.4. The molecule has 3 heteroatoms. The van der Waals surface area contributed by atoms with E-state index in [4.69, 9.17) is 4.74 Å². The second kappa shape index (κ2) is 7.73. The largest absolute Gasteiger partial charge is 0.455 e. The van der Waals surface area contributed by atoms with Gasteiger partial charge in [-0.1, -0.05) is 32.3 Å². The van der Waals surface area contributed by atoms with Crippen molar-refractivity contribution in [3.05, 3.63) is 60.6 Å². The van der Waals surface area contributed by atoms with E-state index in [0.717, 1.165) is 28.8 Å². The molecule has 2 aromatic heterocycles. The van der Waals surface area contributed by atoms with E-state index in [9.17, 15) is 0 Å².